The number of imidazole rings is 1. The second-order valence-corrected chi connectivity index (χ2v) is 4.24. The molecule has 0 spiro atoms. The molecule has 0 saturated heterocycles. The summed E-state index contributed by atoms with van der Waals surface area (Å²) in [6.07, 6.45) is 1.91. The molecule has 0 saturated carbocycles. The predicted molar refractivity (Wildman–Crippen MR) is 68.0 cm³/mol. The van der Waals surface area contributed by atoms with Crippen molar-refractivity contribution in [3.63, 3.8) is 0 Å². The highest BCUT2D eigenvalue weighted by molar-refractivity contribution is 7.71. The van der Waals surface area contributed by atoms with E-state index in [2.05, 4.69) is 34.0 Å². The molecule has 0 unspecified atom stereocenters. The smallest absolute Gasteiger partial charge is 0.174 e. The lowest BCUT2D eigenvalue weighted by Crippen LogP contribution is -1.78. The van der Waals surface area contributed by atoms with Crippen molar-refractivity contribution in [1.82, 2.24) is 15.0 Å². The van der Waals surface area contributed by atoms with E-state index < -0.39 is 0 Å². The molecule has 0 atom stereocenters. The highest BCUT2D eigenvalue weighted by atomic mass is 32.1. The van der Waals surface area contributed by atoms with Crippen LogP contribution in [0.1, 0.15) is 5.69 Å². The zero-order valence-electron chi connectivity index (χ0n) is 8.79. The lowest BCUT2D eigenvalue weighted by atomic mass is 10.1. The van der Waals surface area contributed by atoms with E-state index in [0.717, 1.165) is 16.9 Å². The van der Waals surface area contributed by atoms with E-state index in [0.29, 0.717) is 4.77 Å². The van der Waals surface area contributed by atoms with Crippen molar-refractivity contribution in [3.8, 4) is 11.3 Å². The van der Waals surface area contributed by atoms with E-state index in [1.165, 1.54) is 10.9 Å². The Bertz CT molecular complexity index is 702. The molecule has 0 radical (unpaired) electrons. The van der Waals surface area contributed by atoms with Crippen LogP contribution in [0.4, 0.5) is 0 Å². The fourth-order valence-electron chi connectivity index (χ4n) is 2.09. The van der Waals surface area contributed by atoms with Crippen molar-refractivity contribution >= 4 is 23.1 Å². The molecule has 80 valence electrons. The zero-order chi connectivity index (χ0) is 11.1. The van der Waals surface area contributed by atoms with Gasteiger partial charge in [0.05, 0.1) is 5.69 Å². The van der Waals surface area contributed by atoms with Gasteiger partial charge in [-0.05, 0) is 25.2 Å². The Hall–Kier alpha value is -1.81. The van der Waals surface area contributed by atoms with Gasteiger partial charge in [-0.1, -0.05) is 18.2 Å². The summed E-state index contributed by atoms with van der Waals surface area (Å²) >= 11 is 5.05. The van der Waals surface area contributed by atoms with Crippen LogP contribution in [0.15, 0.2) is 30.5 Å². The Morgan fingerprint density at radius 2 is 1.94 bits per heavy atom. The summed E-state index contributed by atoms with van der Waals surface area (Å²) in [7, 11) is 0. The van der Waals surface area contributed by atoms with Gasteiger partial charge in [0, 0.05) is 28.4 Å². The number of hydrogen-bond acceptors (Lipinski definition) is 1. The monoisotopic (exact) mass is 229 g/mol. The van der Waals surface area contributed by atoms with Crippen molar-refractivity contribution in [2.45, 2.75) is 6.92 Å². The third kappa shape index (κ3) is 1.31. The molecule has 3 rings (SSSR count). The summed E-state index contributed by atoms with van der Waals surface area (Å²) in [6, 6.07) is 8.26. The van der Waals surface area contributed by atoms with Crippen LogP contribution in [-0.2, 0) is 0 Å². The molecule has 3 N–H and O–H groups in total. The molecule has 3 nitrogen and oxygen atoms in total. The number of aromatic amines is 3. The fourth-order valence-corrected chi connectivity index (χ4v) is 2.26. The van der Waals surface area contributed by atoms with Crippen molar-refractivity contribution in [2.24, 2.45) is 0 Å². The van der Waals surface area contributed by atoms with Gasteiger partial charge in [0.2, 0.25) is 0 Å². The first kappa shape index (κ1) is 9.42. The number of H-pyrrole nitrogens is 3. The SMILES string of the molecule is Cc1[nH]c2ccccc2c1-c1c[nH]c(=S)[nH]1. The quantitative estimate of drug-likeness (QED) is 0.549. The van der Waals surface area contributed by atoms with Gasteiger partial charge in [0.1, 0.15) is 0 Å². The first-order valence-corrected chi connectivity index (χ1v) is 5.52. The van der Waals surface area contributed by atoms with Gasteiger partial charge < -0.3 is 15.0 Å². The number of benzene rings is 1. The second kappa shape index (κ2) is 3.35. The van der Waals surface area contributed by atoms with Crippen LogP contribution < -0.4 is 0 Å². The van der Waals surface area contributed by atoms with E-state index in [9.17, 15) is 0 Å². The molecule has 4 heteroatoms. The minimum atomic E-state index is 0.652. The van der Waals surface area contributed by atoms with E-state index in [-0.39, 0.29) is 0 Å². The standard InChI is InChI=1S/C12H11N3S/c1-7-11(10-6-13-12(16)15-10)8-4-2-3-5-9(8)14-7/h2-6,14H,1H3,(H2,13,15,16). The molecule has 1 aromatic carbocycles. The third-order valence-electron chi connectivity index (χ3n) is 2.76. The van der Waals surface area contributed by atoms with Crippen LogP contribution in [0.3, 0.4) is 0 Å². The average Bonchev–Trinajstić information content (AvgIpc) is 2.80. The molecular weight excluding hydrogens is 218 g/mol. The molecule has 0 bridgehead atoms. The van der Waals surface area contributed by atoms with Crippen LogP contribution in [0, 0.1) is 11.7 Å². The van der Waals surface area contributed by atoms with E-state index >= 15 is 0 Å². The Balaban J connectivity index is 2.38. The largest absolute Gasteiger partial charge is 0.358 e. The maximum absolute atomic E-state index is 5.05. The molecule has 0 fully saturated rings. The molecule has 0 amide bonds. The Morgan fingerprint density at radius 3 is 2.69 bits per heavy atom. The summed E-state index contributed by atoms with van der Waals surface area (Å²) in [4.78, 5) is 9.51. The van der Waals surface area contributed by atoms with Crippen LogP contribution in [0.2, 0.25) is 0 Å². The van der Waals surface area contributed by atoms with Gasteiger partial charge in [0.25, 0.3) is 0 Å². The number of hydrogen-bond donors (Lipinski definition) is 3. The summed E-state index contributed by atoms with van der Waals surface area (Å²) in [5.74, 6) is 0. The molecule has 16 heavy (non-hydrogen) atoms. The Morgan fingerprint density at radius 1 is 1.12 bits per heavy atom. The van der Waals surface area contributed by atoms with Crippen LogP contribution in [-0.4, -0.2) is 15.0 Å². The maximum atomic E-state index is 5.05. The minimum absolute atomic E-state index is 0.652. The number of nitrogens with one attached hydrogen (secondary N) is 3. The summed E-state index contributed by atoms with van der Waals surface area (Å²) in [6.45, 7) is 2.07. The molecule has 2 heterocycles. The van der Waals surface area contributed by atoms with Crippen LogP contribution in [0.5, 0.6) is 0 Å². The molecule has 3 aromatic rings. The second-order valence-electron chi connectivity index (χ2n) is 3.83. The summed E-state index contributed by atoms with van der Waals surface area (Å²) < 4.78 is 0.652. The highest BCUT2D eigenvalue weighted by Crippen LogP contribution is 2.30. The average molecular weight is 229 g/mol. The third-order valence-corrected chi connectivity index (χ3v) is 2.98. The summed E-state index contributed by atoms with van der Waals surface area (Å²) in [5, 5.41) is 1.21. The fraction of sp³-hybridized carbons (Fsp3) is 0.0833. The number of aromatic nitrogens is 3. The normalized spacial score (nSPS) is 11.1. The number of para-hydroxylation sites is 1. The lowest BCUT2D eigenvalue weighted by molar-refractivity contribution is 1.26. The topological polar surface area (TPSA) is 47.4 Å². The number of fused-ring (bicyclic) bond motifs is 1. The van der Waals surface area contributed by atoms with Crippen LogP contribution >= 0.6 is 12.2 Å². The molecule has 0 aliphatic rings. The molecular formula is C12H11N3S. The van der Waals surface area contributed by atoms with Gasteiger partial charge in [-0.2, -0.15) is 0 Å². The zero-order valence-corrected chi connectivity index (χ0v) is 9.61. The van der Waals surface area contributed by atoms with Gasteiger partial charge >= 0.3 is 0 Å². The first-order valence-electron chi connectivity index (χ1n) is 5.11. The maximum Gasteiger partial charge on any atom is 0.174 e. The Labute approximate surface area is 97.5 Å². The van der Waals surface area contributed by atoms with Gasteiger partial charge in [-0.15, -0.1) is 0 Å². The van der Waals surface area contributed by atoms with E-state index in [1.54, 1.807) is 0 Å². The van der Waals surface area contributed by atoms with E-state index in [4.69, 9.17) is 12.2 Å². The van der Waals surface area contributed by atoms with Crippen molar-refractivity contribution in [3.05, 3.63) is 40.9 Å². The molecule has 0 aliphatic heterocycles. The number of aryl methyl sites for hydroxylation is 1. The van der Waals surface area contributed by atoms with Crippen molar-refractivity contribution in [2.75, 3.05) is 0 Å². The van der Waals surface area contributed by atoms with Crippen LogP contribution in [0.25, 0.3) is 22.2 Å². The van der Waals surface area contributed by atoms with E-state index in [1.807, 2.05) is 18.3 Å². The lowest BCUT2D eigenvalue weighted by Gasteiger charge is -1.96. The van der Waals surface area contributed by atoms with Crippen molar-refractivity contribution in [1.29, 1.82) is 0 Å². The van der Waals surface area contributed by atoms with Gasteiger partial charge in [0.15, 0.2) is 4.77 Å². The highest BCUT2D eigenvalue weighted by Gasteiger charge is 2.10. The minimum Gasteiger partial charge on any atom is -0.358 e. The Kier molecular flexibility index (Phi) is 1.97. The summed E-state index contributed by atoms with van der Waals surface area (Å²) in [5.41, 5.74) is 4.50. The number of rotatable bonds is 1. The predicted octanol–water partition coefficient (Wildman–Crippen LogP) is 3.53. The molecule has 2 aromatic heterocycles. The van der Waals surface area contributed by atoms with Gasteiger partial charge in [-0.3, -0.25) is 0 Å². The van der Waals surface area contributed by atoms with Crippen molar-refractivity contribution < 1.29 is 0 Å². The first-order chi connectivity index (χ1) is 7.75. The molecule has 0 aliphatic carbocycles. The van der Waals surface area contributed by atoms with Gasteiger partial charge in [-0.25, -0.2) is 0 Å².